The smallest absolute Gasteiger partial charge is 0.161 e. The number of hydrogen-bond acceptors (Lipinski definition) is 3. The molecule has 0 amide bonds. The third-order valence-corrected chi connectivity index (χ3v) is 3.77. The first-order chi connectivity index (χ1) is 8.14. The first-order valence-corrected chi connectivity index (χ1v) is 6.19. The highest BCUT2D eigenvalue weighted by Crippen LogP contribution is 2.43. The molecular weight excluding hydrogens is 214 g/mol. The Bertz CT molecular complexity index is 411. The monoisotopic (exact) mass is 235 g/mol. The molecule has 0 heterocycles. The molecule has 0 aliphatic heterocycles. The maximum atomic E-state index is 6.42. The summed E-state index contributed by atoms with van der Waals surface area (Å²) < 4.78 is 10.7. The van der Waals surface area contributed by atoms with Crippen LogP contribution in [0.25, 0.3) is 0 Å². The van der Waals surface area contributed by atoms with E-state index in [1.165, 1.54) is 17.5 Å². The SMILES string of the molecule is CCc1cc(OC)c(OC)cc1C1(N)CCC1. The Morgan fingerprint density at radius 3 is 2.18 bits per heavy atom. The van der Waals surface area contributed by atoms with Crippen molar-refractivity contribution < 1.29 is 9.47 Å². The van der Waals surface area contributed by atoms with Crippen molar-refractivity contribution in [1.82, 2.24) is 0 Å². The summed E-state index contributed by atoms with van der Waals surface area (Å²) >= 11 is 0. The second kappa shape index (κ2) is 4.57. The summed E-state index contributed by atoms with van der Waals surface area (Å²) in [5.41, 5.74) is 8.77. The Morgan fingerprint density at radius 1 is 1.18 bits per heavy atom. The van der Waals surface area contributed by atoms with Gasteiger partial charge in [-0.2, -0.15) is 0 Å². The quantitative estimate of drug-likeness (QED) is 0.872. The van der Waals surface area contributed by atoms with Crippen LogP contribution in [0.2, 0.25) is 0 Å². The lowest BCUT2D eigenvalue weighted by molar-refractivity contribution is 0.250. The number of benzene rings is 1. The van der Waals surface area contributed by atoms with Crippen molar-refractivity contribution in [3.63, 3.8) is 0 Å². The lowest BCUT2D eigenvalue weighted by Crippen LogP contribution is -2.44. The average Bonchev–Trinajstić information content (AvgIpc) is 2.34. The largest absolute Gasteiger partial charge is 0.493 e. The lowest BCUT2D eigenvalue weighted by Gasteiger charge is -2.40. The molecule has 0 atom stereocenters. The third kappa shape index (κ3) is 2.00. The second-order valence-electron chi connectivity index (χ2n) is 4.73. The molecule has 2 N–H and O–H groups in total. The summed E-state index contributed by atoms with van der Waals surface area (Å²) in [5, 5.41) is 0. The van der Waals surface area contributed by atoms with E-state index in [2.05, 4.69) is 19.1 Å². The molecule has 94 valence electrons. The lowest BCUT2D eigenvalue weighted by atomic mass is 9.71. The molecule has 1 aliphatic carbocycles. The molecule has 1 aliphatic rings. The summed E-state index contributed by atoms with van der Waals surface area (Å²) in [7, 11) is 3.33. The first-order valence-electron chi connectivity index (χ1n) is 6.19. The summed E-state index contributed by atoms with van der Waals surface area (Å²) in [6.07, 6.45) is 4.31. The third-order valence-electron chi connectivity index (χ3n) is 3.77. The molecule has 2 rings (SSSR count). The van der Waals surface area contributed by atoms with Crippen LogP contribution in [0.5, 0.6) is 11.5 Å². The molecule has 1 aromatic rings. The fraction of sp³-hybridized carbons (Fsp3) is 0.571. The van der Waals surface area contributed by atoms with Crippen LogP contribution in [0, 0.1) is 0 Å². The Morgan fingerprint density at radius 2 is 1.76 bits per heavy atom. The zero-order chi connectivity index (χ0) is 12.5. The van der Waals surface area contributed by atoms with E-state index in [0.29, 0.717) is 0 Å². The molecule has 17 heavy (non-hydrogen) atoms. The van der Waals surface area contributed by atoms with Crippen molar-refractivity contribution in [2.24, 2.45) is 5.73 Å². The van der Waals surface area contributed by atoms with E-state index >= 15 is 0 Å². The van der Waals surface area contributed by atoms with Crippen molar-refractivity contribution >= 4 is 0 Å². The molecule has 0 spiro atoms. The van der Waals surface area contributed by atoms with Gasteiger partial charge in [0.15, 0.2) is 11.5 Å². The van der Waals surface area contributed by atoms with E-state index in [9.17, 15) is 0 Å². The summed E-state index contributed by atoms with van der Waals surface area (Å²) in [6, 6.07) is 4.11. The number of aryl methyl sites for hydroxylation is 1. The molecule has 1 aromatic carbocycles. The maximum absolute atomic E-state index is 6.42. The van der Waals surface area contributed by atoms with Gasteiger partial charge in [0.2, 0.25) is 0 Å². The molecular formula is C14H21NO2. The Balaban J connectivity index is 2.49. The molecule has 0 unspecified atom stereocenters. The highest BCUT2D eigenvalue weighted by molar-refractivity contribution is 5.50. The van der Waals surface area contributed by atoms with Gasteiger partial charge < -0.3 is 15.2 Å². The van der Waals surface area contributed by atoms with Gasteiger partial charge in [-0.15, -0.1) is 0 Å². The fourth-order valence-corrected chi connectivity index (χ4v) is 2.50. The molecule has 3 nitrogen and oxygen atoms in total. The van der Waals surface area contributed by atoms with Crippen LogP contribution in [-0.2, 0) is 12.0 Å². The fourth-order valence-electron chi connectivity index (χ4n) is 2.50. The predicted octanol–water partition coefficient (Wildman–Crippen LogP) is 2.60. The van der Waals surface area contributed by atoms with Gasteiger partial charge in [-0.3, -0.25) is 0 Å². The molecule has 1 fully saturated rings. The van der Waals surface area contributed by atoms with Crippen molar-refractivity contribution in [1.29, 1.82) is 0 Å². The van der Waals surface area contributed by atoms with Crippen LogP contribution >= 0.6 is 0 Å². The molecule has 0 radical (unpaired) electrons. The van der Waals surface area contributed by atoms with Crippen LogP contribution in [0.4, 0.5) is 0 Å². The van der Waals surface area contributed by atoms with Crippen molar-refractivity contribution in [3.8, 4) is 11.5 Å². The van der Waals surface area contributed by atoms with Gasteiger partial charge in [-0.1, -0.05) is 6.92 Å². The van der Waals surface area contributed by atoms with Gasteiger partial charge in [-0.05, 0) is 48.9 Å². The van der Waals surface area contributed by atoms with E-state index in [1.807, 2.05) is 0 Å². The van der Waals surface area contributed by atoms with Gasteiger partial charge in [0.05, 0.1) is 14.2 Å². The standard InChI is InChI=1S/C14H21NO2/c1-4-10-8-12(16-2)13(17-3)9-11(10)14(15)6-5-7-14/h8-9H,4-7,15H2,1-3H3. The summed E-state index contributed by atoms with van der Waals surface area (Å²) in [5.74, 6) is 1.56. The van der Waals surface area contributed by atoms with Crippen LogP contribution in [0.1, 0.15) is 37.3 Å². The van der Waals surface area contributed by atoms with E-state index in [0.717, 1.165) is 30.8 Å². The zero-order valence-electron chi connectivity index (χ0n) is 10.9. The minimum absolute atomic E-state index is 0.148. The van der Waals surface area contributed by atoms with Gasteiger partial charge in [0.1, 0.15) is 0 Å². The molecule has 0 bridgehead atoms. The zero-order valence-corrected chi connectivity index (χ0v) is 10.9. The Kier molecular flexibility index (Phi) is 3.29. The van der Waals surface area contributed by atoms with Crippen molar-refractivity contribution in [3.05, 3.63) is 23.3 Å². The summed E-state index contributed by atoms with van der Waals surface area (Å²) in [4.78, 5) is 0. The Labute approximate surface area is 103 Å². The average molecular weight is 235 g/mol. The summed E-state index contributed by atoms with van der Waals surface area (Å²) in [6.45, 7) is 2.15. The van der Waals surface area contributed by atoms with Gasteiger partial charge >= 0.3 is 0 Å². The molecule has 1 saturated carbocycles. The number of nitrogens with two attached hydrogens (primary N) is 1. The minimum atomic E-state index is -0.148. The number of ether oxygens (including phenoxy) is 2. The van der Waals surface area contributed by atoms with Gasteiger partial charge in [-0.25, -0.2) is 0 Å². The predicted molar refractivity (Wildman–Crippen MR) is 68.6 cm³/mol. The Hall–Kier alpha value is -1.22. The molecule has 0 aromatic heterocycles. The van der Waals surface area contributed by atoms with E-state index in [1.54, 1.807) is 14.2 Å². The van der Waals surface area contributed by atoms with Gasteiger partial charge in [0.25, 0.3) is 0 Å². The first kappa shape index (κ1) is 12.2. The number of methoxy groups -OCH3 is 2. The normalized spacial score (nSPS) is 17.4. The minimum Gasteiger partial charge on any atom is -0.493 e. The van der Waals surface area contributed by atoms with Crippen molar-refractivity contribution in [2.45, 2.75) is 38.1 Å². The highest BCUT2D eigenvalue weighted by atomic mass is 16.5. The topological polar surface area (TPSA) is 44.5 Å². The van der Waals surface area contributed by atoms with Crippen molar-refractivity contribution in [2.75, 3.05) is 14.2 Å². The second-order valence-corrected chi connectivity index (χ2v) is 4.73. The maximum Gasteiger partial charge on any atom is 0.161 e. The number of rotatable bonds is 4. The van der Waals surface area contributed by atoms with Crippen LogP contribution in [0.3, 0.4) is 0 Å². The van der Waals surface area contributed by atoms with E-state index in [4.69, 9.17) is 15.2 Å². The molecule has 3 heteroatoms. The van der Waals surface area contributed by atoms with Gasteiger partial charge in [0, 0.05) is 5.54 Å². The highest BCUT2D eigenvalue weighted by Gasteiger charge is 2.36. The number of hydrogen-bond donors (Lipinski definition) is 1. The van der Waals surface area contributed by atoms with Crippen LogP contribution < -0.4 is 15.2 Å². The van der Waals surface area contributed by atoms with E-state index in [-0.39, 0.29) is 5.54 Å². The van der Waals surface area contributed by atoms with Crippen LogP contribution in [0.15, 0.2) is 12.1 Å². The van der Waals surface area contributed by atoms with E-state index < -0.39 is 0 Å². The van der Waals surface area contributed by atoms with Crippen LogP contribution in [-0.4, -0.2) is 14.2 Å². The molecule has 0 saturated heterocycles.